The molecule has 2 N–H and O–H groups in total. The molecular weight excluding hydrogens is 338 g/mol. The lowest BCUT2D eigenvalue weighted by atomic mass is 9.85. The summed E-state index contributed by atoms with van der Waals surface area (Å²) in [5, 5.41) is 10.3. The van der Waals surface area contributed by atoms with Crippen molar-refractivity contribution in [2.75, 3.05) is 13.1 Å². The molecule has 1 fully saturated rings. The zero-order valence-corrected chi connectivity index (χ0v) is 14.7. The minimum Gasteiger partial charge on any atom is -0.337 e. The highest BCUT2D eigenvalue weighted by atomic mass is 19.2. The van der Waals surface area contributed by atoms with Gasteiger partial charge in [0.1, 0.15) is 0 Å². The number of likely N-dealkylation sites (tertiary alicyclic amines) is 1. The Morgan fingerprint density at radius 1 is 1.27 bits per heavy atom. The van der Waals surface area contributed by atoms with Crippen LogP contribution in [0.4, 0.5) is 8.78 Å². The van der Waals surface area contributed by atoms with E-state index in [2.05, 4.69) is 15.5 Å². The van der Waals surface area contributed by atoms with Crippen LogP contribution in [-0.2, 0) is 19.5 Å². The molecule has 1 aromatic carbocycles. The zero-order valence-electron chi connectivity index (χ0n) is 14.7. The molecule has 0 aliphatic carbocycles. The van der Waals surface area contributed by atoms with Crippen molar-refractivity contribution in [2.45, 2.75) is 45.2 Å². The Bertz CT molecular complexity index is 840. The highest BCUT2D eigenvalue weighted by Crippen LogP contribution is 2.33. The Labute approximate surface area is 150 Å². The number of carbonyl (C=O) groups excluding carboxylic acids is 1. The van der Waals surface area contributed by atoms with E-state index in [1.165, 1.54) is 6.07 Å². The molecule has 0 spiro atoms. The van der Waals surface area contributed by atoms with Crippen LogP contribution in [0.3, 0.4) is 0 Å². The number of aromatic amines is 1. The quantitative estimate of drug-likeness (QED) is 0.885. The summed E-state index contributed by atoms with van der Waals surface area (Å²) >= 11 is 0. The SMILES string of the molecule is CCc1c(C2CCN(C(=O)c3n[nH]c4c3CNC4)CC2)ccc(F)c1F. The molecule has 1 aromatic heterocycles. The van der Waals surface area contributed by atoms with E-state index < -0.39 is 11.6 Å². The first kappa shape index (κ1) is 17.1. The molecule has 0 unspecified atom stereocenters. The van der Waals surface area contributed by atoms with Crippen LogP contribution in [0.1, 0.15) is 58.6 Å². The fourth-order valence-electron chi connectivity index (χ4n) is 4.12. The Kier molecular flexibility index (Phi) is 4.48. The third kappa shape index (κ3) is 2.80. The number of rotatable bonds is 3. The van der Waals surface area contributed by atoms with Gasteiger partial charge in [-0.2, -0.15) is 5.10 Å². The summed E-state index contributed by atoms with van der Waals surface area (Å²) in [7, 11) is 0. The van der Waals surface area contributed by atoms with Crippen LogP contribution in [-0.4, -0.2) is 34.1 Å². The van der Waals surface area contributed by atoms with E-state index in [1.807, 2.05) is 11.8 Å². The van der Waals surface area contributed by atoms with Gasteiger partial charge in [0.25, 0.3) is 5.91 Å². The average molecular weight is 360 g/mol. The normalized spacial score (nSPS) is 17.6. The second-order valence-corrected chi connectivity index (χ2v) is 6.98. The summed E-state index contributed by atoms with van der Waals surface area (Å²) in [6.07, 6.45) is 1.95. The second-order valence-electron chi connectivity index (χ2n) is 6.98. The zero-order chi connectivity index (χ0) is 18.3. The smallest absolute Gasteiger partial charge is 0.274 e. The average Bonchev–Trinajstić information content (AvgIpc) is 3.27. The Balaban J connectivity index is 1.48. The van der Waals surface area contributed by atoms with E-state index in [9.17, 15) is 13.6 Å². The number of H-pyrrole nitrogens is 1. The molecule has 7 heteroatoms. The topological polar surface area (TPSA) is 61.0 Å². The largest absolute Gasteiger partial charge is 0.337 e. The summed E-state index contributed by atoms with van der Waals surface area (Å²) in [4.78, 5) is 14.6. The maximum atomic E-state index is 14.1. The molecule has 2 aliphatic rings. The van der Waals surface area contributed by atoms with Crippen molar-refractivity contribution in [3.63, 3.8) is 0 Å². The molecule has 0 atom stereocenters. The minimum atomic E-state index is -0.792. The Morgan fingerprint density at radius 3 is 2.77 bits per heavy atom. The molecule has 138 valence electrons. The number of aromatic nitrogens is 2. The Hall–Kier alpha value is -2.28. The monoisotopic (exact) mass is 360 g/mol. The molecule has 3 heterocycles. The third-order valence-electron chi connectivity index (χ3n) is 5.57. The van der Waals surface area contributed by atoms with Gasteiger partial charge in [-0.05, 0) is 42.4 Å². The summed E-state index contributed by atoms with van der Waals surface area (Å²) < 4.78 is 27.6. The van der Waals surface area contributed by atoms with Crippen molar-refractivity contribution in [3.05, 3.63) is 51.8 Å². The van der Waals surface area contributed by atoms with Gasteiger partial charge >= 0.3 is 0 Å². The second kappa shape index (κ2) is 6.79. The number of amides is 1. The van der Waals surface area contributed by atoms with Crippen molar-refractivity contribution < 1.29 is 13.6 Å². The maximum Gasteiger partial charge on any atom is 0.274 e. The van der Waals surface area contributed by atoms with Crippen LogP contribution in [0.25, 0.3) is 0 Å². The fourth-order valence-corrected chi connectivity index (χ4v) is 4.12. The van der Waals surface area contributed by atoms with Crippen LogP contribution in [0.15, 0.2) is 12.1 Å². The van der Waals surface area contributed by atoms with Crippen molar-refractivity contribution in [1.29, 1.82) is 0 Å². The number of piperidine rings is 1. The molecule has 2 aromatic rings. The maximum absolute atomic E-state index is 14.1. The third-order valence-corrected chi connectivity index (χ3v) is 5.57. The summed E-state index contributed by atoms with van der Waals surface area (Å²) in [5.74, 6) is -1.43. The number of carbonyl (C=O) groups is 1. The van der Waals surface area contributed by atoms with E-state index in [0.29, 0.717) is 43.9 Å². The van der Waals surface area contributed by atoms with Crippen molar-refractivity contribution in [3.8, 4) is 0 Å². The van der Waals surface area contributed by atoms with Crippen LogP contribution in [0, 0.1) is 11.6 Å². The van der Waals surface area contributed by atoms with Crippen LogP contribution in [0.5, 0.6) is 0 Å². The minimum absolute atomic E-state index is 0.0503. The highest BCUT2D eigenvalue weighted by molar-refractivity contribution is 5.94. The van der Waals surface area contributed by atoms with Gasteiger partial charge < -0.3 is 10.2 Å². The van der Waals surface area contributed by atoms with Gasteiger partial charge in [0, 0.05) is 31.7 Å². The number of hydrogen-bond donors (Lipinski definition) is 2. The summed E-state index contributed by atoms with van der Waals surface area (Å²) in [6, 6.07) is 2.91. The van der Waals surface area contributed by atoms with E-state index in [0.717, 1.165) is 29.7 Å². The number of nitrogens with zero attached hydrogens (tertiary/aromatic N) is 2. The molecule has 0 saturated carbocycles. The fraction of sp³-hybridized carbons (Fsp3) is 0.474. The van der Waals surface area contributed by atoms with Gasteiger partial charge in [-0.3, -0.25) is 9.89 Å². The van der Waals surface area contributed by atoms with Crippen LogP contribution in [0.2, 0.25) is 0 Å². The van der Waals surface area contributed by atoms with Crippen LogP contribution >= 0.6 is 0 Å². The number of fused-ring (bicyclic) bond motifs is 1. The molecule has 0 radical (unpaired) electrons. The first-order valence-electron chi connectivity index (χ1n) is 9.13. The van der Waals surface area contributed by atoms with Gasteiger partial charge in [-0.1, -0.05) is 13.0 Å². The van der Waals surface area contributed by atoms with E-state index >= 15 is 0 Å². The molecule has 2 aliphatic heterocycles. The van der Waals surface area contributed by atoms with Crippen molar-refractivity contribution in [1.82, 2.24) is 20.4 Å². The number of nitrogens with one attached hydrogen (secondary N) is 2. The van der Waals surface area contributed by atoms with E-state index in [4.69, 9.17) is 0 Å². The van der Waals surface area contributed by atoms with E-state index in [1.54, 1.807) is 6.07 Å². The first-order valence-corrected chi connectivity index (χ1v) is 9.13. The number of hydrogen-bond acceptors (Lipinski definition) is 3. The summed E-state index contributed by atoms with van der Waals surface area (Å²) in [5.41, 5.74) is 3.79. The molecular formula is C19H22F2N4O. The van der Waals surface area contributed by atoms with Crippen LogP contribution < -0.4 is 5.32 Å². The Morgan fingerprint density at radius 2 is 2.04 bits per heavy atom. The molecule has 4 rings (SSSR count). The van der Waals surface area contributed by atoms with Gasteiger partial charge in [-0.15, -0.1) is 0 Å². The lowest BCUT2D eigenvalue weighted by Crippen LogP contribution is -2.38. The lowest BCUT2D eigenvalue weighted by molar-refractivity contribution is 0.0705. The highest BCUT2D eigenvalue weighted by Gasteiger charge is 2.30. The van der Waals surface area contributed by atoms with E-state index in [-0.39, 0.29) is 11.8 Å². The summed E-state index contributed by atoms with van der Waals surface area (Å²) in [6.45, 7) is 4.42. The predicted molar refractivity (Wildman–Crippen MR) is 92.7 cm³/mol. The molecule has 26 heavy (non-hydrogen) atoms. The van der Waals surface area contributed by atoms with Gasteiger partial charge in [0.15, 0.2) is 17.3 Å². The number of benzene rings is 1. The molecule has 0 bridgehead atoms. The van der Waals surface area contributed by atoms with Crippen molar-refractivity contribution >= 4 is 5.91 Å². The predicted octanol–water partition coefficient (Wildman–Crippen LogP) is 2.87. The van der Waals surface area contributed by atoms with Gasteiger partial charge in [-0.25, -0.2) is 8.78 Å². The number of halogens is 2. The van der Waals surface area contributed by atoms with Crippen molar-refractivity contribution in [2.24, 2.45) is 0 Å². The lowest BCUT2D eigenvalue weighted by Gasteiger charge is -2.33. The molecule has 5 nitrogen and oxygen atoms in total. The standard InChI is InChI=1S/C19H22F2N4O/c1-2-12-13(3-4-15(20)17(12)21)11-5-7-25(8-6-11)19(26)18-14-9-22-10-16(14)23-24-18/h3-4,11,22H,2,5-10H2,1H3,(H,23,24). The molecule has 1 saturated heterocycles. The first-order chi connectivity index (χ1) is 12.6. The van der Waals surface area contributed by atoms with Gasteiger partial charge in [0.2, 0.25) is 0 Å². The molecule has 1 amide bonds. The van der Waals surface area contributed by atoms with Gasteiger partial charge in [0.05, 0.1) is 5.69 Å².